The first-order valence-electron chi connectivity index (χ1n) is 7.11. The molecule has 1 aliphatic carbocycles. The van der Waals surface area contributed by atoms with Gasteiger partial charge in [0.25, 0.3) is 0 Å². The van der Waals surface area contributed by atoms with E-state index in [-0.39, 0.29) is 0 Å². The van der Waals surface area contributed by atoms with E-state index in [1.54, 1.807) is 0 Å². The third-order valence-electron chi connectivity index (χ3n) is 4.38. The highest BCUT2D eigenvalue weighted by Crippen LogP contribution is 2.43. The molecule has 0 radical (unpaired) electrons. The first-order chi connectivity index (χ1) is 9.56. The molecule has 2 unspecified atom stereocenters. The van der Waals surface area contributed by atoms with Gasteiger partial charge in [-0.3, -0.25) is 0 Å². The van der Waals surface area contributed by atoms with Crippen LogP contribution in [0.3, 0.4) is 0 Å². The number of halogens is 2. The van der Waals surface area contributed by atoms with E-state index in [9.17, 15) is 0 Å². The van der Waals surface area contributed by atoms with Crippen molar-refractivity contribution in [2.24, 2.45) is 0 Å². The van der Waals surface area contributed by atoms with Crippen LogP contribution in [0.5, 0.6) is 0 Å². The van der Waals surface area contributed by atoms with E-state index < -0.39 is 0 Å². The van der Waals surface area contributed by atoms with Crippen molar-refractivity contribution in [3.63, 3.8) is 0 Å². The van der Waals surface area contributed by atoms with Crippen molar-refractivity contribution >= 4 is 23.2 Å². The van der Waals surface area contributed by atoms with Crippen LogP contribution in [0.15, 0.2) is 36.4 Å². The molecule has 2 aromatic carbocycles. The zero-order chi connectivity index (χ0) is 14.3. The molecule has 1 aliphatic rings. The summed E-state index contributed by atoms with van der Waals surface area (Å²) in [5, 5.41) is 1.28. The Morgan fingerprint density at radius 3 is 2.45 bits per heavy atom. The fraction of sp³-hybridized carbons (Fsp3) is 0.333. The van der Waals surface area contributed by atoms with E-state index in [0.717, 1.165) is 0 Å². The van der Waals surface area contributed by atoms with Crippen molar-refractivity contribution in [2.45, 2.75) is 38.5 Å². The monoisotopic (exact) mass is 304 g/mol. The maximum Gasteiger partial charge on any atom is 0.0595 e. The number of benzene rings is 2. The third-order valence-corrected chi connectivity index (χ3v) is 5.12. The summed E-state index contributed by atoms with van der Waals surface area (Å²) in [6, 6.07) is 12.9. The topological polar surface area (TPSA) is 0 Å². The fourth-order valence-corrected chi connectivity index (χ4v) is 3.55. The van der Waals surface area contributed by atoms with E-state index in [1.807, 2.05) is 12.1 Å². The van der Waals surface area contributed by atoms with E-state index in [0.29, 0.717) is 21.9 Å². The van der Waals surface area contributed by atoms with Crippen molar-refractivity contribution < 1.29 is 0 Å². The van der Waals surface area contributed by atoms with Crippen LogP contribution >= 0.6 is 23.2 Å². The highest BCUT2D eigenvalue weighted by Gasteiger charge is 2.26. The molecule has 0 saturated carbocycles. The number of rotatable bonds is 1. The molecule has 104 valence electrons. The Bertz CT molecular complexity index is 646. The van der Waals surface area contributed by atoms with Gasteiger partial charge in [-0.25, -0.2) is 0 Å². The summed E-state index contributed by atoms with van der Waals surface area (Å²) >= 11 is 12.2. The molecule has 0 nitrogen and oxygen atoms in total. The van der Waals surface area contributed by atoms with E-state index >= 15 is 0 Å². The van der Waals surface area contributed by atoms with Crippen molar-refractivity contribution in [3.05, 3.63) is 68.7 Å². The maximum atomic E-state index is 6.18. The standard InChI is InChI=1S/C18H18Cl2/c1-11-3-6-15-14(7-4-12(2)16(15)9-11)13-5-8-17(19)18(20)10-13/h3,5-6,8-10,12,14H,4,7H2,1-2H3. The minimum atomic E-state index is 0.441. The quantitative estimate of drug-likeness (QED) is 0.577. The van der Waals surface area contributed by atoms with Crippen LogP contribution in [0.1, 0.15) is 53.9 Å². The van der Waals surface area contributed by atoms with Crippen LogP contribution in [0.25, 0.3) is 0 Å². The predicted molar refractivity (Wildman–Crippen MR) is 87.1 cm³/mol. The smallest absolute Gasteiger partial charge is 0.0595 e. The van der Waals surface area contributed by atoms with Gasteiger partial charge >= 0.3 is 0 Å². The molecular weight excluding hydrogens is 287 g/mol. The lowest BCUT2D eigenvalue weighted by Crippen LogP contribution is -2.14. The Morgan fingerprint density at radius 1 is 0.900 bits per heavy atom. The normalized spacial score (nSPS) is 21.6. The summed E-state index contributed by atoms with van der Waals surface area (Å²) in [6.45, 7) is 4.49. The molecule has 0 saturated heterocycles. The first-order valence-corrected chi connectivity index (χ1v) is 7.87. The number of hydrogen-bond donors (Lipinski definition) is 0. The molecule has 0 aliphatic heterocycles. The van der Waals surface area contributed by atoms with Gasteiger partial charge in [-0.1, -0.05) is 60.0 Å². The van der Waals surface area contributed by atoms with Crippen molar-refractivity contribution in [1.29, 1.82) is 0 Å². The fourth-order valence-electron chi connectivity index (χ4n) is 3.24. The highest BCUT2D eigenvalue weighted by atomic mass is 35.5. The van der Waals surface area contributed by atoms with Gasteiger partial charge in [0.05, 0.1) is 10.0 Å². The number of hydrogen-bond acceptors (Lipinski definition) is 0. The van der Waals surface area contributed by atoms with Crippen molar-refractivity contribution in [3.8, 4) is 0 Å². The van der Waals surface area contributed by atoms with Crippen molar-refractivity contribution in [2.75, 3.05) is 0 Å². The van der Waals surface area contributed by atoms with E-state index in [1.165, 1.54) is 35.1 Å². The van der Waals surface area contributed by atoms with Crippen LogP contribution in [-0.2, 0) is 0 Å². The second-order valence-corrected chi connectivity index (χ2v) is 6.65. The van der Waals surface area contributed by atoms with Gasteiger partial charge in [0.2, 0.25) is 0 Å². The second-order valence-electron chi connectivity index (χ2n) is 5.84. The number of fused-ring (bicyclic) bond motifs is 1. The third kappa shape index (κ3) is 2.47. The summed E-state index contributed by atoms with van der Waals surface area (Å²) in [5.74, 6) is 1.08. The summed E-state index contributed by atoms with van der Waals surface area (Å²) in [4.78, 5) is 0. The van der Waals surface area contributed by atoms with E-state index in [2.05, 4.69) is 38.1 Å². The largest absolute Gasteiger partial charge is 0.0827 e. The molecular formula is C18H18Cl2. The molecule has 0 fully saturated rings. The molecule has 0 amide bonds. The molecule has 0 spiro atoms. The van der Waals surface area contributed by atoms with Crippen LogP contribution < -0.4 is 0 Å². The van der Waals surface area contributed by atoms with Crippen LogP contribution in [0.4, 0.5) is 0 Å². The van der Waals surface area contributed by atoms with Gasteiger partial charge in [-0.2, -0.15) is 0 Å². The maximum absolute atomic E-state index is 6.18. The Hall–Kier alpha value is -0.980. The Balaban J connectivity index is 2.08. The molecule has 3 rings (SSSR count). The van der Waals surface area contributed by atoms with Gasteiger partial charge in [0, 0.05) is 5.92 Å². The average Bonchev–Trinajstić information content (AvgIpc) is 2.43. The zero-order valence-electron chi connectivity index (χ0n) is 11.8. The van der Waals surface area contributed by atoms with Gasteiger partial charge in [0.15, 0.2) is 0 Å². The second kappa shape index (κ2) is 5.42. The minimum Gasteiger partial charge on any atom is -0.0827 e. The highest BCUT2D eigenvalue weighted by molar-refractivity contribution is 6.42. The van der Waals surface area contributed by atoms with Gasteiger partial charge < -0.3 is 0 Å². The average molecular weight is 305 g/mol. The lowest BCUT2D eigenvalue weighted by molar-refractivity contribution is 0.545. The SMILES string of the molecule is Cc1ccc2c(c1)C(C)CCC2c1ccc(Cl)c(Cl)c1. The summed E-state index contributed by atoms with van der Waals surface area (Å²) in [5.41, 5.74) is 5.56. The zero-order valence-corrected chi connectivity index (χ0v) is 13.3. The van der Waals surface area contributed by atoms with Gasteiger partial charge in [-0.05, 0) is 54.5 Å². The van der Waals surface area contributed by atoms with E-state index in [4.69, 9.17) is 23.2 Å². The Morgan fingerprint density at radius 2 is 1.70 bits per heavy atom. The molecule has 0 bridgehead atoms. The first kappa shape index (κ1) is 14.0. The Kier molecular flexibility index (Phi) is 3.79. The van der Waals surface area contributed by atoms with Crippen LogP contribution in [0.2, 0.25) is 10.0 Å². The predicted octanol–water partition coefficient (Wildman–Crippen LogP) is 6.33. The molecule has 2 atom stereocenters. The molecule has 2 heteroatoms. The molecule has 20 heavy (non-hydrogen) atoms. The minimum absolute atomic E-state index is 0.441. The summed E-state index contributed by atoms with van der Waals surface area (Å²) in [7, 11) is 0. The lowest BCUT2D eigenvalue weighted by atomic mass is 9.74. The van der Waals surface area contributed by atoms with Gasteiger partial charge in [-0.15, -0.1) is 0 Å². The van der Waals surface area contributed by atoms with Crippen molar-refractivity contribution in [1.82, 2.24) is 0 Å². The lowest BCUT2D eigenvalue weighted by Gasteiger charge is -2.30. The molecule has 0 N–H and O–H groups in total. The van der Waals surface area contributed by atoms with Crippen LogP contribution in [-0.4, -0.2) is 0 Å². The van der Waals surface area contributed by atoms with Crippen LogP contribution in [0, 0.1) is 6.92 Å². The van der Waals surface area contributed by atoms with Gasteiger partial charge in [0.1, 0.15) is 0 Å². The molecule has 2 aromatic rings. The summed E-state index contributed by atoms with van der Waals surface area (Å²) < 4.78 is 0. The number of aryl methyl sites for hydroxylation is 1. The molecule has 0 aromatic heterocycles. The Labute approximate surface area is 130 Å². The summed E-state index contributed by atoms with van der Waals surface area (Å²) in [6.07, 6.45) is 2.40. The molecule has 0 heterocycles.